The van der Waals surface area contributed by atoms with E-state index in [-0.39, 0.29) is 35.4 Å². The topological polar surface area (TPSA) is 75.7 Å². The molecule has 0 aliphatic carbocycles. The summed E-state index contributed by atoms with van der Waals surface area (Å²) < 4.78 is 83.7. The molecule has 180 valence electrons. The minimum Gasteiger partial charge on any atom is -0.376 e. The third-order valence-electron chi connectivity index (χ3n) is 5.49. The van der Waals surface area contributed by atoms with Gasteiger partial charge in [-0.1, -0.05) is 0 Å². The highest BCUT2D eigenvalue weighted by atomic mass is 19.4. The van der Waals surface area contributed by atoms with Gasteiger partial charge >= 0.3 is 12.4 Å². The molecule has 2 aliphatic heterocycles. The van der Waals surface area contributed by atoms with Gasteiger partial charge in [0.15, 0.2) is 0 Å². The smallest absolute Gasteiger partial charge is 0.376 e. The summed E-state index contributed by atoms with van der Waals surface area (Å²) in [6, 6.07) is 4.15. The lowest BCUT2D eigenvalue weighted by atomic mass is 10.0. The van der Waals surface area contributed by atoms with E-state index >= 15 is 0 Å². The SMILES string of the molecule is O=C(Nc1cc(C(F)(F)F)cc(C(F)(F)F)c1)c1ccc2c(c1)C(=O)N(CC1CCCO1)C2=O. The second-order valence-corrected chi connectivity index (χ2v) is 7.86. The Kier molecular flexibility index (Phi) is 5.88. The number of alkyl halides is 6. The van der Waals surface area contributed by atoms with Crippen molar-refractivity contribution in [2.75, 3.05) is 18.5 Å². The number of fused-ring (bicyclic) bond motifs is 1. The Morgan fingerprint density at radius 3 is 2.12 bits per heavy atom. The van der Waals surface area contributed by atoms with Crippen molar-refractivity contribution >= 4 is 23.4 Å². The van der Waals surface area contributed by atoms with Crippen LogP contribution in [-0.4, -0.2) is 41.9 Å². The number of rotatable bonds is 4. The summed E-state index contributed by atoms with van der Waals surface area (Å²) in [5.74, 6) is -2.29. The predicted molar refractivity (Wildman–Crippen MR) is 105 cm³/mol. The van der Waals surface area contributed by atoms with E-state index in [4.69, 9.17) is 4.74 Å². The minimum atomic E-state index is -5.08. The van der Waals surface area contributed by atoms with Crippen molar-refractivity contribution in [1.29, 1.82) is 0 Å². The molecule has 1 N–H and O–H groups in total. The molecule has 2 aromatic rings. The zero-order valence-corrected chi connectivity index (χ0v) is 17.2. The molecule has 2 aliphatic rings. The van der Waals surface area contributed by atoms with Crippen molar-refractivity contribution in [3.05, 3.63) is 64.2 Å². The quantitative estimate of drug-likeness (QED) is 0.500. The molecule has 1 unspecified atom stereocenters. The van der Waals surface area contributed by atoms with Gasteiger partial charge in [0.05, 0.1) is 34.9 Å². The second-order valence-electron chi connectivity index (χ2n) is 7.86. The maximum Gasteiger partial charge on any atom is 0.416 e. The lowest BCUT2D eigenvalue weighted by Gasteiger charge is -2.17. The number of carbonyl (C=O) groups excluding carboxylic acids is 3. The minimum absolute atomic E-state index is 0.0398. The van der Waals surface area contributed by atoms with E-state index in [9.17, 15) is 40.7 Å². The standard InChI is InChI=1S/C22H16F6N2O4/c23-21(24,25)12-7-13(22(26,27)28)9-14(8-12)29-18(31)11-3-4-16-17(6-11)20(33)30(19(16)32)10-15-2-1-5-34-15/h3-4,6-9,15H,1-2,5,10H2,(H,29,31). The van der Waals surface area contributed by atoms with Crippen molar-refractivity contribution < 1.29 is 45.5 Å². The van der Waals surface area contributed by atoms with Crippen LogP contribution < -0.4 is 5.32 Å². The maximum atomic E-state index is 13.0. The fourth-order valence-electron chi connectivity index (χ4n) is 3.82. The van der Waals surface area contributed by atoms with Crippen molar-refractivity contribution in [1.82, 2.24) is 4.90 Å². The first-order valence-corrected chi connectivity index (χ1v) is 10.1. The molecule has 2 heterocycles. The van der Waals surface area contributed by atoms with Crippen molar-refractivity contribution in [2.45, 2.75) is 31.3 Å². The van der Waals surface area contributed by atoms with Crippen LogP contribution in [0.3, 0.4) is 0 Å². The molecular formula is C22H16F6N2O4. The van der Waals surface area contributed by atoms with E-state index in [1.807, 2.05) is 5.32 Å². The van der Waals surface area contributed by atoms with Crippen molar-refractivity contribution in [2.24, 2.45) is 0 Å². The zero-order valence-electron chi connectivity index (χ0n) is 17.2. The van der Waals surface area contributed by atoms with Gasteiger partial charge in [-0.3, -0.25) is 19.3 Å². The van der Waals surface area contributed by atoms with Crippen LogP contribution in [0.5, 0.6) is 0 Å². The second kappa shape index (κ2) is 8.42. The summed E-state index contributed by atoms with van der Waals surface area (Å²) in [6.45, 7) is 0.558. The third-order valence-corrected chi connectivity index (χ3v) is 5.49. The molecule has 1 saturated heterocycles. The highest BCUT2D eigenvalue weighted by molar-refractivity contribution is 6.22. The van der Waals surface area contributed by atoms with E-state index in [2.05, 4.69) is 0 Å². The summed E-state index contributed by atoms with van der Waals surface area (Å²) in [5.41, 5.74) is -4.16. The van der Waals surface area contributed by atoms with Crippen LogP contribution in [0.25, 0.3) is 0 Å². The highest BCUT2D eigenvalue weighted by Crippen LogP contribution is 2.37. The Hall–Kier alpha value is -3.41. The van der Waals surface area contributed by atoms with E-state index in [0.29, 0.717) is 25.2 Å². The first kappa shape index (κ1) is 23.7. The molecule has 34 heavy (non-hydrogen) atoms. The lowest BCUT2D eigenvalue weighted by Crippen LogP contribution is -2.36. The summed E-state index contributed by atoms with van der Waals surface area (Å²) >= 11 is 0. The number of nitrogens with one attached hydrogen (secondary N) is 1. The molecule has 0 radical (unpaired) electrons. The molecule has 12 heteroatoms. The monoisotopic (exact) mass is 486 g/mol. The van der Waals surface area contributed by atoms with Crippen molar-refractivity contribution in [3.8, 4) is 0 Å². The van der Waals surface area contributed by atoms with Gasteiger partial charge in [0.25, 0.3) is 17.7 Å². The van der Waals surface area contributed by atoms with Crippen LogP contribution in [-0.2, 0) is 17.1 Å². The van der Waals surface area contributed by atoms with E-state index in [1.165, 1.54) is 6.07 Å². The van der Waals surface area contributed by atoms with Gasteiger partial charge in [-0.2, -0.15) is 26.3 Å². The Labute approximate surface area is 188 Å². The number of benzene rings is 2. The average molecular weight is 486 g/mol. The Morgan fingerprint density at radius 1 is 0.941 bits per heavy atom. The molecule has 0 spiro atoms. The molecular weight excluding hydrogens is 470 g/mol. The van der Waals surface area contributed by atoms with Crippen LogP contribution in [0, 0.1) is 0 Å². The number of hydrogen-bond donors (Lipinski definition) is 1. The molecule has 2 aromatic carbocycles. The summed E-state index contributed by atoms with van der Waals surface area (Å²) in [6.07, 6.45) is -8.98. The number of carbonyl (C=O) groups is 3. The predicted octanol–water partition coefficient (Wildman–Crippen LogP) is 4.75. The number of hydrogen-bond acceptors (Lipinski definition) is 4. The summed E-state index contributed by atoms with van der Waals surface area (Å²) in [4.78, 5) is 38.8. The van der Waals surface area contributed by atoms with Gasteiger partial charge in [-0.25, -0.2) is 0 Å². The van der Waals surface area contributed by atoms with Crippen LogP contribution in [0.4, 0.5) is 32.0 Å². The lowest BCUT2D eigenvalue weighted by molar-refractivity contribution is -0.143. The largest absolute Gasteiger partial charge is 0.416 e. The van der Waals surface area contributed by atoms with Crippen LogP contribution in [0.1, 0.15) is 55.0 Å². The number of anilines is 1. The Balaban J connectivity index is 1.58. The molecule has 6 nitrogen and oxygen atoms in total. The van der Waals surface area contributed by atoms with Crippen LogP contribution in [0.15, 0.2) is 36.4 Å². The van der Waals surface area contributed by atoms with Crippen molar-refractivity contribution in [3.63, 3.8) is 0 Å². The number of ether oxygens (including phenoxy) is 1. The molecule has 0 aromatic heterocycles. The summed E-state index contributed by atoms with van der Waals surface area (Å²) in [7, 11) is 0. The fourth-order valence-corrected chi connectivity index (χ4v) is 3.82. The molecule has 0 bridgehead atoms. The molecule has 0 saturated carbocycles. The molecule has 1 fully saturated rings. The first-order valence-electron chi connectivity index (χ1n) is 10.1. The number of imide groups is 1. The van der Waals surface area contributed by atoms with Gasteiger partial charge in [0.2, 0.25) is 0 Å². The normalized spacial score (nSPS) is 18.4. The van der Waals surface area contributed by atoms with Gasteiger partial charge in [-0.15, -0.1) is 0 Å². The zero-order chi connectivity index (χ0) is 24.8. The van der Waals surface area contributed by atoms with Gasteiger partial charge in [0, 0.05) is 17.9 Å². The average Bonchev–Trinajstić information content (AvgIpc) is 3.35. The molecule has 3 amide bonds. The Bertz CT molecular complexity index is 1140. The van der Waals surface area contributed by atoms with E-state index in [1.54, 1.807) is 0 Å². The third kappa shape index (κ3) is 4.63. The van der Waals surface area contributed by atoms with E-state index in [0.717, 1.165) is 23.5 Å². The Morgan fingerprint density at radius 2 is 1.56 bits per heavy atom. The van der Waals surface area contributed by atoms with Crippen LogP contribution in [0.2, 0.25) is 0 Å². The maximum absolute atomic E-state index is 13.0. The molecule has 1 atom stereocenters. The van der Waals surface area contributed by atoms with Gasteiger partial charge in [0.1, 0.15) is 0 Å². The fraction of sp³-hybridized carbons (Fsp3) is 0.318. The number of nitrogens with zero attached hydrogens (tertiary/aromatic N) is 1. The van der Waals surface area contributed by atoms with Gasteiger partial charge in [-0.05, 0) is 49.2 Å². The van der Waals surface area contributed by atoms with E-state index < -0.39 is 46.9 Å². The van der Waals surface area contributed by atoms with Crippen LogP contribution >= 0.6 is 0 Å². The summed E-state index contributed by atoms with van der Waals surface area (Å²) in [5, 5.41) is 2.00. The number of amides is 3. The first-order chi connectivity index (χ1) is 15.8. The highest BCUT2D eigenvalue weighted by Gasteiger charge is 2.39. The number of halogens is 6. The molecule has 4 rings (SSSR count). The van der Waals surface area contributed by atoms with Gasteiger partial charge < -0.3 is 10.1 Å².